The number of rotatable bonds is 11. The van der Waals surface area contributed by atoms with Crippen LogP contribution in [0.4, 0.5) is 0 Å². The second kappa shape index (κ2) is 12.3. The first-order chi connectivity index (χ1) is 10.9. The third-order valence-electron chi connectivity index (χ3n) is 4.20. The molecule has 0 N–H and O–H groups in total. The van der Waals surface area contributed by atoms with E-state index in [1.54, 1.807) is 0 Å². The molecule has 0 saturated heterocycles. The van der Waals surface area contributed by atoms with Crippen molar-refractivity contribution in [3.05, 3.63) is 23.0 Å². The highest BCUT2D eigenvalue weighted by Crippen LogP contribution is 2.18. The van der Waals surface area contributed by atoms with Crippen LogP contribution in [0.1, 0.15) is 80.6 Å². The first kappa shape index (κ1) is 21.9. The molecule has 0 rings (SSSR count). The van der Waals surface area contributed by atoms with Gasteiger partial charge in [-0.1, -0.05) is 32.8 Å². The molecule has 0 aliphatic heterocycles. The Morgan fingerprint density at radius 3 is 2.22 bits per heavy atom. The Kier molecular flexibility index (Phi) is 11.8. The van der Waals surface area contributed by atoms with Crippen LogP contribution in [0.5, 0.6) is 0 Å². The van der Waals surface area contributed by atoms with Crippen LogP contribution in [0.2, 0.25) is 0 Å². The van der Waals surface area contributed by atoms with Crippen LogP contribution in [0.25, 0.3) is 0 Å². The third-order valence-corrected chi connectivity index (χ3v) is 4.20. The van der Waals surface area contributed by atoms with Gasteiger partial charge < -0.3 is 0 Å². The third kappa shape index (κ3) is 8.36. The van der Waals surface area contributed by atoms with E-state index in [9.17, 15) is 0 Å². The van der Waals surface area contributed by atoms with Gasteiger partial charge in [0.25, 0.3) is 0 Å². The van der Waals surface area contributed by atoms with E-state index in [1.165, 1.54) is 30.4 Å². The topological polar surface area (TPSA) is 18.8 Å². The first-order valence-electron chi connectivity index (χ1n) is 9.28. The first-order valence-corrected chi connectivity index (χ1v) is 9.28. The average Bonchev–Trinajstić information content (AvgIpc) is 2.53. The fraction of sp³-hybridized carbons (Fsp3) is 0.750. The lowest BCUT2D eigenvalue weighted by Crippen LogP contribution is -2.43. The molecule has 3 nitrogen and oxygen atoms in total. The lowest BCUT2D eigenvalue weighted by atomic mass is 10.1. The molecule has 0 aromatic heterocycles. The number of hydrazine groups is 1. The van der Waals surface area contributed by atoms with Gasteiger partial charge in [0, 0.05) is 25.8 Å². The molecular weight excluding hydrogens is 282 g/mol. The predicted molar refractivity (Wildman–Crippen MR) is 105 cm³/mol. The molecule has 0 amide bonds. The Labute approximate surface area is 145 Å². The Morgan fingerprint density at radius 2 is 1.74 bits per heavy atom. The molecule has 0 radical (unpaired) electrons. The SMILES string of the molecule is CCCC/C(C)=C/C=N\C(=C(C)CC)N(CCC)N(C)C(C)C. The number of hydrogen-bond donors (Lipinski definition) is 0. The smallest absolute Gasteiger partial charge is 0.141 e. The minimum Gasteiger partial charge on any atom is -0.290 e. The molecule has 0 spiro atoms. The van der Waals surface area contributed by atoms with Crippen molar-refractivity contribution in [3.8, 4) is 0 Å². The second-order valence-corrected chi connectivity index (χ2v) is 6.64. The van der Waals surface area contributed by atoms with Gasteiger partial charge in [-0.15, -0.1) is 0 Å². The highest BCUT2D eigenvalue weighted by atomic mass is 15.6. The summed E-state index contributed by atoms with van der Waals surface area (Å²) in [6.45, 7) is 16.5. The fourth-order valence-corrected chi connectivity index (χ4v) is 2.23. The summed E-state index contributed by atoms with van der Waals surface area (Å²) in [5.41, 5.74) is 2.74. The van der Waals surface area contributed by atoms with Crippen LogP contribution < -0.4 is 0 Å². The lowest BCUT2D eigenvalue weighted by molar-refractivity contribution is 0.00463. The summed E-state index contributed by atoms with van der Waals surface area (Å²) in [6.07, 6.45) is 9.94. The Morgan fingerprint density at radius 1 is 1.09 bits per heavy atom. The molecule has 0 fully saturated rings. The summed E-state index contributed by atoms with van der Waals surface area (Å²) in [4.78, 5) is 4.83. The van der Waals surface area contributed by atoms with Crippen LogP contribution in [0.15, 0.2) is 28.0 Å². The van der Waals surface area contributed by atoms with E-state index in [1.807, 2.05) is 6.21 Å². The molecule has 0 atom stereocenters. The summed E-state index contributed by atoms with van der Waals surface area (Å²) in [7, 11) is 2.15. The van der Waals surface area contributed by atoms with E-state index in [0.717, 1.165) is 25.2 Å². The Hall–Kier alpha value is -1.09. The Bertz CT molecular complexity index is 405. The van der Waals surface area contributed by atoms with Crippen molar-refractivity contribution in [2.24, 2.45) is 4.99 Å². The summed E-state index contributed by atoms with van der Waals surface area (Å²) in [5.74, 6) is 1.10. The maximum atomic E-state index is 4.83. The molecule has 0 aromatic rings. The highest BCUT2D eigenvalue weighted by molar-refractivity contribution is 5.73. The van der Waals surface area contributed by atoms with E-state index in [4.69, 9.17) is 4.99 Å². The van der Waals surface area contributed by atoms with Gasteiger partial charge in [-0.25, -0.2) is 10.0 Å². The monoisotopic (exact) mass is 321 g/mol. The zero-order valence-electron chi connectivity index (χ0n) is 16.8. The van der Waals surface area contributed by atoms with E-state index < -0.39 is 0 Å². The van der Waals surface area contributed by atoms with Gasteiger partial charge in [-0.2, -0.15) is 0 Å². The van der Waals surface area contributed by atoms with Crippen molar-refractivity contribution < 1.29 is 0 Å². The van der Waals surface area contributed by atoms with Gasteiger partial charge >= 0.3 is 0 Å². The summed E-state index contributed by atoms with van der Waals surface area (Å²) in [5, 5.41) is 4.62. The molecule has 0 bridgehead atoms. The minimum atomic E-state index is 0.457. The predicted octanol–water partition coefficient (Wildman–Crippen LogP) is 5.80. The summed E-state index contributed by atoms with van der Waals surface area (Å²) < 4.78 is 0. The highest BCUT2D eigenvalue weighted by Gasteiger charge is 2.17. The van der Waals surface area contributed by atoms with Crippen LogP contribution in [0.3, 0.4) is 0 Å². The molecule has 3 heteroatoms. The Balaban J connectivity index is 5.35. The van der Waals surface area contributed by atoms with Crippen LogP contribution in [-0.2, 0) is 0 Å². The van der Waals surface area contributed by atoms with Gasteiger partial charge in [-0.3, -0.25) is 5.01 Å². The normalized spacial score (nSPS) is 14.1. The van der Waals surface area contributed by atoms with E-state index in [-0.39, 0.29) is 0 Å². The minimum absolute atomic E-state index is 0.457. The zero-order valence-corrected chi connectivity index (χ0v) is 16.8. The van der Waals surface area contributed by atoms with E-state index >= 15 is 0 Å². The average molecular weight is 322 g/mol. The number of hydrogen-bond acceptors (Lipinski definition) is 3. The number of allylic oxidation sites excluding steroid dienone is 3. The van der Waals surface area contributed by atoms with Gasteiger partial charge in [0.2, 0.25) is 0 Å². The molecule has 23 heavy (non-hydrogen) atoms. The fourth-order valence-electron chi connectivity index (χ4n) is 2.23. The largest absolute Gasteiger partial charge is 0.290 e. The van der Waals surface area contributed by atoms with Crippen molar-refractivity contribution in [2.75, 3.05) is 13.6 Å². The van der Waals surface area contributed by atoms with E-state index in [2.05, 4.69) is 71.6 Å². The van der Waals surface area contributed by atoms with Crippen LogP contribution in [-0.4, -0.2) is 35.9 Å². The second-order valence-electron chi connectivity index (χ2n) is 6.64. The van der Waals surface area contributed by atoms with Crippen molar-refractivity contribution >= 4 is 6.21 Å². The number of unbranched alkanes of at least 4 members (excludes halogenated alkanes) is 1. The molecule has 0 aliphatic rings. The number of nitrogens with zero attached hydrogens (tertiary/aromatic N) is 3. The molecule has 134 valence electrons. The quantitative estimate of drug-likeness (QED) is 0.353. The van der Waals surface area contributed by atoms with E-state index in [0.29, 0.717) is 6.04 Å². The van der Waals surface area contributed by atoms with Crippen molar-refractivity contribution in [1.29, 1.82) is 0 Å². The maximum Gasteiger partial charge on any atom is 0.141 e. The summed E-state index contributed by atoms with van der Waals surface area (Å²) >= 11 is 0. The van der Waals surface area contributed by atoms with Crippen molar-refractivity contribution in [3.63, 3.8) is 0 Å². The van der Waals surface area contributed by atoms with Gasteiger partial charge in [0.1, 0.15) is 5.82 Å². The zero-order chi connectivity index (χ0) is 17.8. The standard InChI is InChI=1S/C20H39N3/c1-9-12-13-18(6)14-15-21-20(19(7)11-3)23(16-10-2)22(8)17(4)5/h14-15,17H,9-13,16H2,1-8H3/b18-14+,20-19?,21-15-. The number of aliphatic imine (C=N–C) groups is 1. The summed E-state index contributed by atoms with van der Waals surface area (Å²) in [6, 6.07) is 0.457. The van der Waals surface area contributed by atoms with Gasteiger partial charge in [-0.05, 0) is 65.0 Å². The molecular formula is C20H39N3. The molecule has 0 saturated carbocycles. The van der Waals surface area contributed by atoms with Gasteiger partial charge in [0.15, 0.2) is 0 Å². The molecule has 0 unspecified atom stereocenters. The molecule has 0 aliphatic carbocycles. The molecule has 0 heterocycles. The molecule has 0 aromatic carbocycles. The lowest BCUT2D eigenvalue weighted by Gasteiger charge is -2.37. The van der Waals surface area contributed by atoms with Crippen molar-refractivity contribution in [1.82, 2.24) is 10.0 Å². The maximum absolute atomic E-state index is 4.83. The van der Waals surface area contributed by atoms with Crippen LogP contribution in [0, 0.1) is 0 Å². The van der Waals surface area contributed by atoms with Gasteiger partial charge in [0.05, 0.1) is 0 Å². The van der Waals surface area contributed by atoms with Crippen LogP contribution >= 0.6 is 0 Å². The van der Waals surface area contributed by atoms with Crippen molar-refractivity contribution in [2.45, 2.75) is 86.6 Å².